The maximum absolute atomic E-state index is 12.2. The number of rotatable bonds is 6. The lowest BCUT2D eigenvalue weighted by Gasteiger charge is -2.13. The summed E-state index contributed by atoms with van der Waals surface area (Å²) >= 11 is 0. The number of esters is 1. The molecule has 23 heavy (non-hydrogen) atoms. The van der Waals surface area contributed by atoms with Crippen molar-refractivity contribution in [1.82, 2.24) is 0 Å². The SMILES string of the molecule is Cc1ccccc1S(=O)(=O)O[C@H](C)C(=O)OCc1ccccc1. The van der Waals surface area contributed by atoms with Crippen LogP contribution in [0.3, 0.4) is 0 Å². The third-order valence-electron chi connectivity index (χ3n) is 3.19. The number of carbonyl (C=O) groups is 1. The highest BCUT2D eigenvalue weighted by molar-refractivity contribution is 7.86. The van der Waals surface area contributed by atoms with Gasteiger partial charge in [0, 0.05) is 0 Å². The van der Waals surface area contributed by atoms with Gasteiger partial charge < -0.3 is 4.74 Å². The molecule has 0 saturated carbocycles. The minimum atomic E-state index is -4.02. The van der Waals surface area contributed by atoms with E-state index in [9.17, 15) is 13.2 Å². The van der Waals surface area contributed by atoms with E-state index in [1.807, 2.05) is 30.3 Å². The second-order valence-electron chi connectivity index (χ2n) is 5.05. The molecule has 0 radical (unpaired) electrons. The quantitative estimate of drug-likeness (QED) is 0.600. The molecule has 0 unspecified atom stereocenters. The first kappa shape index (κ1) is 17.2. The van der Waals surface area contributed by atoms with Gasteiger partial charge in [-0.1, -0.05) is 48.5 Å². The molecule has 122 valence electrons. The van der Waals surface area contributed by atoms with Crippen molar-refractivity contribution >= 4 is 16.1 Å². The highest BCUT2D eigenvalue weighted by Gasteiger charge is 2.26. The maximum Gasteiger partial charge on any atom is 0.336 e. The first-order chi connectivity index (χ1) is 10.9. The molecule has 0 bridgehead atoms. The maximum atomic E-state index is 12.2. The molecule has 0 spiro atoms. The zero-order valence-corrected chi connectivity index (χ0v) is 13.7. The van der Waals surface area contributed by atoms with Gasteiger partial charge in [0.25, 0.3) is 10.1 Å². The molecule has 0 aliphatic heterocycles. The molecular weight excluding hydrogens is 316 g/mol. The summed E-state index contributed by atoms with van der Waals surface area (Å²) < 4.78 is 34.5. The number of hydrogen-bond donors (Lipinski definition) is 0. The number of aryl methyl sites for hydroxylation is 1. The predicted octanol–water partition coefficient (Wildman–Crippen LogP) is 2.83. The topological polar surface area (TPSA) is 69.7 Å². The Morgan fingerprint density at radius 3 is 2.30 bits per heavy atom. The molecule has 0 aliphatic carbocycles. The molecule has 2 aromatic carbocycles. The standard InChI is InChI=1S/C17H18O5S/c1-13-8-6-7-11-16(13)23(19,20)22-14(2)17(18)21-12-15-9-4-3-5-10-15/h3-11,14H,12H2,1-2H3/t14-/m1/s1. The summed E-state index contributed by atoms with van der Waals surface area (Å²) in [7, 11) is -4.02. The van der Waals surface area contributed by atoms with Crippen LogP contribution in [-0.2, 0) is 30.4 Å². The fourth-order valence-electron chi connectivity index (χ4n) is 1.96. The smallest absolute Gasteiger partial charge is 0.336 e. The lowest BCUT2D eigenvalue weighted by molar-refractivity contribution is -0.152. The Balaban J connectivity index is 1.99. The molecule has 0 fully saturated rings. The molecule has 0 heterocycles. The Morgan fingerprint density at radius 1 is 1.04 bits per heavy atom. The van der Waals surface area contributed by atoms with E-state index in [4.69, 9.17) is 8.92 Å². The van der Waals surface area contributed by atoms with Gasteiger partial charge in [-0.2, -0.15) is 8.42 Å². The average Bonchev–Trinajstić information content (AvgIpc) is 2.53. The van der Waals surface area contributed by atoms with Crippen LogP contribution < -0.4 is 0 Å². The van der Waals surface area contributed by atoms with E-state index in [1.54, 1.807) is 25.1 Å². The highest BCUT2D eigenvalue weighted by atomic mass is 32.2. The van der Waals surface area contributed by atoms with E-state index >= 15 is 0 Å². The number of benzene rings is 2. The van der Waals surface area contributed by atoms with Crippen LogP contribution in [0.15, 0.2) is 59.5 Å². The molecule has 2 aromatic rings. The van der Waals surface area contributed by atoms with Crippen LogP contribution in [-0.4, -0.2) is 20.5 Å². The van der Waals surface area contributed by atoms with Crippen molar-refractivity contribution in [2.45, 2.75) is 31.5 Å². The van der Waals surface area contributed by atoms with Crippen LogP contribution in [0.5, 0.6) is 0 Å². The molecule has 0 amide bonds. The van der Waals surface area contributed by atoms with E-state index in [-0.39, 0.29) is 11.5 Å². The monoisotopic (exact) mass is 334 g/mol. The molecule has 6 heteroatoms. The third-order valence-corrected chi connectivity index (χ3v) is 4.73. The molecule has 1 atom stereocenters. The minimum absolute atomic E-state index is 0.0442. The Kier molecular flexibility index (Phi) is 5.52. The average molecular weight is 334 g/mol. The molecule has 0 aliphatic rings. The fraction of sp³-hybridized carbons (Fsp3) is 0.235. The summed E-state index contributed by atoms with van der Waals surface area (Å²) in [5, 5.41) is 0. The second-order valence-corrected chi connectivity index (χ2v) is 6.59. The van der Waals surface area contributed by atoms with Crippen LogP contribution in [0.2, 0.25) is 0 Å². The van der Waals surface area contributed by atoms with Crippen molar-refractivity contribution in [3.63, 3.8) is 0 Å². The van der Waals surface area contributed by atoms with Crippen LogP contribution >= 0.6 is 0 Å². The summed E-state index contributed by atoms with van der Waals surface area (Å²) in [4.78, 5) is 11.9. The Bertz CT molecular complexity index is 769. The summed E-state index contributed by atoms with van der Waals surface area (Å²) in [6.07, 6.45) is -1.22. The molecule has 0 N–H and O–H groups in total. The van der Waals surface area contributed by atoms with Gasteiger partial charge in [0.15, 0.2) is 6.10 Å². The van der Waals surface area contributed by atoms with Crippen LogP contribution in [0.4, 0.5) is 0 Å². The van der Waals surface area contributed by atoms with Gasteiger partial charge in [-0.3, -0.25) is 4.18 Å². The van der Waals surface area contributed by atoms with Gasteiger partial charge >= 0.3 is 5.97 Å². The number of hydrogen-bond acceptors (Lipinski definition) is 5. The van der Waals surface area contributed by atoms with Gasteiger partial charge in [-0.05, 0) is 31.0 Å². The molecule has 5 nitrogen and oxygen atoms in total. The van der Waals surface area contributed by atoms with Gasteiger partial charge in [-0.15, -0.1) is 0 Å². The highest BCUT2D eigenvalue weighted by Crippen LogP contribution is 2.18. The van der Waals surface area contributed by atoms with Crippen LogP contribution in [0, 0.1) is 6.92 Å². The molecule has 0 saturated heterocycles. The summed E-state index contributed by atoms with van der Waals surface area (Å²) in [6.45, 7) is 3.08. The molecular formula is C17H18O5S. The summed E-state index contributed by atoms with van der Waals surface area (Å²) in [5.41, 5.74) is 1.37. The van der Waals surface area contributed by atoms with Crippen molar-refractivity contribution in [3.8, 4) is 0 Å². The Hall–Kier alpha value is -2.18. The minimum Gasteiger partial charge on any atom is -0.459 e. The number of ether oxygens (including phenoxy) is 1. The van der Waals surface area contributed by atoms with Crippen molar-refractivity contribution in [3.05, 3.63) is 65.7 Å². The summed E-state index contributed by atoms with van der Waals surface area (Å²) in [6, 6.07) is 15.5. The lowest BCUT2D eigenvalue weighted by atomic mass is 10.2. The van der Waals surface area contributed by atoms with Crippen LogP contribution in [0.1, 0.15) is 18.1 Å². The van der Waals surface area contributed by atoms with Gasteiger partial charge in [-0.25, -0.2) is 4.79 Å². The number of carbonyl (C=O) groups excluding carboxylic acids is 1. The van der Waals surface area contributed by atoms with E-state index in [0.29, 0.717) is 5.56 Å². The summed E-state index contributed by atoms with van der Waals surface area (Å²) in [5.74, 6) is -0.731. The van der Waals surface area contributed by atoms with E-state index in [2.05, 4.69) is 0 Å². The van der Waals surface area contributed by atoms with Crippen molar-refractivity contribution in [2.24, 2.45) is 0 Å². The van der Waals surface area contributed by atoms with Gasteiger partial charge in [0.2, 0.25) is 0 Å². The zero-order chi connectivity index (χ0) is 16.9. The van der Waals surface area contributed by atoms with Gasteiger partial charge in [0.1, 0.15) is 6.61 Å². The first-order valence-electron chi connectivity index (χ1n) is 7.09. The van der Waals surface area contributed by atoms with E-state index < -0.39 is 22.2 Å². The Morgan fingerprint density at radius 2 is 1.65 bits per heavy atom. The van der Waals surface area contributed by atoms with Crippen molar-refractivity contribution in [1.29, 1.82) is 0 Å². The largest absolute Gasteiger partial charge is 0.459 e. The fourth-order valence-corrected chi connectivity index (χ4v) is 3.23. The Labute approximate surface area is 136 Å². The van der Waals surface area contributed by atoms with Crippen molar-refractivity contribution < 1.29 is 22.1 Å². The van der Waals surface area contributed by atoms with Crippen molar-refractivity contribution in [2.75, 3.05) is 0 Å². The third kappa shape index (κ3) is 4.64. The first-order valence-corrected chi connectivity index (χ1v) is 8.50. The zero-order valence-electron chi connectivity index (χ0n) is 12.9. The van der Waals surface area contributed by atoms with Crippen LogP contribution in [0.25, 0.3) is 0 Å². The van der Waals surface area contributed by atoms with Gasteiger partial charge in [0.05, 0.1) is 4.90 Å². The van der Waals surface area contributed by atoms with E-state index in [0.717, 1.165) is 5.56 Å². The lowest BCUT2D eigenvalue weighted by Crippen LogP contribution is -2.26. The van der Waals surface area contributed by atoms with E-state index in [1.165, 1.54) is 13.0 Å². The normalized spacial score (nSPS) is 12.6. The predicted molar refractivity (Wildman–Crippen MR) is 85.1 cm³/mol. The molecule has 0 aromatic heterocycles. The molecule has 2 rings (SSSR count). The second kappa shape index (κ2) is 7.39.